The van der Waals surface area contributed by atoms with Crippen molar-refractivity contribution in [3.05, 3.63) is 42.4 Å². The first-order chi connectivity index (χ1) is 14.8. The number of anilines is 1. The Morgan fingerprint density at radius 3 is 2.83 bits per heavy atom. The molecule has 1 aromatic carbocycles. The Bertz CT molecular complexity index is 1240. The van der Waals surface area contributed by atoms with E-state index >= 15 is 0 Å². The number of benzene rings is 1. The fraction of sp³-hybridized carbons (Fsp3) is 0.333. The minimum absolute atomic E-state index is 0.509. The number of morpholine rings is 1. The van der Waals surface area contributed by atoms with Gasteiger partial charge in [-0.2, -0.15) is 15.1 Å². The molecule has 0 spiro atoms. The molecule has 0 aliphatic carbocycles. The minimum Gasteiger partial charge on any atom is -0.485 e. The Morgan fingerprint density at radius 1 is 1.10 bits per heavy atom. The van der Waals surface area contributed by atoms with Gasteiger partial charge in [0.15, 0.2) is 22.7 Å². The van der Waals surface area contributed by atoms with E-state index in [1.165, 1.54) is 0 Å². The SMILES string of the molecule is CCn1cnc2c(N3CCOCC3)nc(-n3cc4c(n3)-c3ccccc3CO4)nc21. The zero-order valence-corrected chi connectivity index (χ0v) is 16.7. The maximum Gasteiger partial charge on any atom is 0.254 e. The molecule has 0 atom stereocenters. The van der Waals surface area contributed by atoms with E-state index in [0.29, 0.717) is 25.8 Å². The van der Waals surface area contributed by atoms with E-state index in [2.05, 4.69) is 28.9 Å². The summed E-state index contributed by atoms with van der Waals surface area (Å²) in [5.74, 6) is 2.07. The molecule has 9 heteroatoms. The lowest BCUT2D eigenvalue weighted by atomic mass is 10.0. The third kappa shape index (κ3) is 2.66. The quantitative estimate of drug-likeness (QED) is 0.519. The second-order valence-electron chi connectivity index (χ2n) is 7.38. The van der Waals surface area contributed by atoms with Gasteiger partial charge in [0.2, 0.25) is 0 Å². The van der Waals surface area contributed by atoms with Gasteiger partial charge in [0.1, 0.15) is 12.3 Å². The van der Waals surface area contributed by atoms with E-state index in [1.54, 1.807) is 4.68 Å². The van der Waals surface area contributed by atoms with Crippen LogP contribution in [0.2, 0.25) is 0 Å². The van der Waals surface area contributed by atoms with Crippen molar-refractivity contribution in [1.82, 2.24) is 29.3 Å². The van der Waals surface area contributed by atoms with Gasteiger partial charge in [0.25, 0.3) is 5.95 Å². The summed E-state index contributed by atoms with van der Waals surface area (Å²) >= 11 is 0. The van der Waals surface area contributed by atoms with Crippen LogP contribution in [-0.4, -0.2) is 55.6 Å². The molecule has 2 aliphatic heterocycles. The topological polar surface area (TPSA) is 83.1 Å². The van der Waals surface area contributed by atoms with Gasteiger partial charge in [-0.15, -0.1) is 0 Å². The third-order valence-corrected chi connectivity index (χ3v) is 5.63. The van der Waals surface area contributed by atoms with Crippen LogP contribution in [0.4, 0.5) is 5.82 Å². The summed E-state index contributed by atoms with van der Waals surface area (Å²) in [6.07, 6.45) is 3.68. The molecule has 0 unspecified atom stereocenters. The predicted molar refractivity (Wildman–Crippen MR) is 111 cm³/mol. The van der Waals surface area contributed by atoms with Crippen molar-refractivity contribution in [1.29, 1.82) is 0 Å². The molecule has 6 rings (SSSR count). The lowest BCUT2D eigenvalue weighted by molar-refractivity contribution is 0.122. The third-order valence-electron chi connectivity index (χ3n) is 5.63. The van der Waals surface area contributed by atoms with E-state index in [1.807, 2.05) is 29.2 Å². The van der Waals surface area contributed by atoms with Crippen LogP contribution in [0.3, 0.4) is 0 Å². The Hall–Kier alpha value is -3.46. The van der Waals surface area contributed by atoms with E-state index in [-0.39, 0.29) is 0 Å². The fourth-order valence-electron chi connectivity index (χ4n) is 4.03. The molecule has 4 aromatic rings. The molecular weight excluding hydrogens is 382 g/mol. The van der Waals surface area contributed by atoms with Gasteiger partial charge >= 0.3 is 0 Å². The molecule has 152 valence electrons. The lowest BCUT2D eigenvalue weighted by Gasteiger charge is -2.28. The maximum atomic E-state index is 5.93. The summed E-state index contributed by atoms with van der Waals surface area (Å²) < 4.78 is 15.2. The lowest BCUT2D eigenvalue weighted by Crippen LogP contribution is -2.37. The van der Waals surface area contributed by atoms with Crippen LogP contribution in [-0.2, 0) is 17.9 Å². The van der Waals surface area contributed by atoms with Gasteiger partial charge in [-0.3, -0.25) is 0 Å². The van der Waals surface area contributed by atoms with Crippen LogP contribution in [0, 0.1) is 0 Å². The number of rotatable bonds is 3. The average Bonchev–Trinajstić information content (AvgIpc) is 3.43. The summed E-state index contributed by atoms with van der Waals surface area (Å²) in [4.78, 5) is 16.5. The standard InChI is InChI=1S/C21H21N7O2/c1-2-26-13-22-18-19(26)23-21(24-20(18)27-7-9-29-10-8-27)28-11-16-17(25-28)15-6-4-3-5-14(15)12-30-16/h3-6,11,13H,2,7-10,12H2,1H3. The summed E-state index contributed by atoms with van der Waals surface area (Å²) in [7, 11) is 0. The van der Waals surface area contributed by atoms with Crippen molar-refractivity contribution in [2.45, 2.75) is 20.1 Å². The van der Waals surface area contributed by atoms with E-state index in [9.17, 15) is 0 Å². The summed E-state index contributed by atoms with van der Waals surface area (Å²) in [6.45, 7) is 6.30. The molecule has 3 aromatic heterocycles. The van der Waals surface area contributed by atoms with Gasteiger partial charge in [-0.05, 0) is 12.5 Å². The molecule has 0 radical (unpaired) electrons. The Morgan fingerprint density at radius 2 is 1.97 bits per heavy atom. The maximum absolute atomic E-state index is 5.93. The molecule has 30 heavy (non-hydrogen) atoms. The van der Waals surface area contributed by atoms with Gasteiger partial charge < -0.3 is 18.9 Å². The number of aryl methyl sites for hydroxylation is 1. The van der Waals surface area contributed by atoms with Crippen molar-refractivity contribution in [2.24, 2.45) is 0 Å². The van der Waals surface area contributed by atoms with Crippen LogP contribution in [0.15, 0.2) is 36.8 Å². The van der Waals surface area contributed by atoms with Crippen LogP contribution < -0.4 is 9.64 Å². The molecule has 0 saturated carbocycles. The van der Waals surface area contributed by atoms with Crippen molar-refractivity contribution < 1.29 is 9.47 Å². The number of fused-ring (bicyclic) bond motifs is 4. The monoisotopic (exact) mass is 403 g/mol. The Balaban J connectivity index is 1.51. The average molecular weight is 403 g/mol. The molecule has 0 amide bonds. The number of imidazole rings is 1. The van der Waals surface area contributed by atoms with Gasteiger partial charge in [0, 0.05) is 25.2 Å². The summed E-state index contributed by atoms with van der Waals surface area (Å²) in [6, 6.07) is 8.17. The van der Waals surface area contributed by atoms with Crippen LogP contribution >= 0.6 is 0 Å². The van der Waals surface area contributed by atoms with Gasteiger partial charge in [0.05, 0.1) is 25.7 Å². The molecule has 1 saturated heterocycles. The first kappa shape index (κ1) is 17.4. The highest BCUT2D eigenvalue weighted by Gasteiger charge is 2.24. The number of hydrogen-bond acceptors (Lipinski definition) is 7. The zero-order chi connectivity index (χ0) is 20.1. The second-order valence-corrected chi connectivity index (χ2v) is 7.38. The van der Waals surface area contributed by atoms with E-state index < -0.39 is 0 Å². The normalized spacial score (nSPS) is 15.7. The smallest absolute Gasteiger partial charge is 0.254 e. The first-order valence-electron chi connectivity index (χ1n) is 10.2. The number of hydrogen-bond donors (Lipinski definition) is 0. The van der Waals surface area contributed by atoms with Gasteiger partial charge in [-0.25, -0.2) is 9.67 Å². The Kier molecular flexibility index (Phi) is 3.95. The van der Waals surface area contributed by atoms with Crippen LogP contribution in [0.1, 0.15) is 12.5 Å². The van der Waals surface area contributed by atoms with Crippen LogP contribution in [0.25, 0.3) is 28.4 Å². The highest BCUT2D eigenvalue weighted by molar-refractivity contribution is 5.84. The molecule has 0 N–H and O–H groups in total. The number of nitrogens with zero attached hydrogens (tertiary/aromatic N) is 7. The number of aromatic nitrogens is 6. The summed E-state index contributed by atoms with van der Waals surface area (Å²) in [5.41, 5.74) is 4.65. The van der Waals surface area contributed by atoms with Crippen molar-refractivity contribution in [3.8, 4) is 23.0 Å². The summed E-state index contributed by atoms with van der Waals surface area (Å²) in [5, 5.41) is 4.79. The first-order valence-corrected chi connectivity index (χ1v) is 10.2. The van der Waals surface area contributed by atoms with Crippen molar-refractivity contribution >= 4 is 17.0 Å². The fourth-order valence-corrected chi connectivity index (χ4v) is 4.03. The Labute approximate surface area is 172 Å². The zero-order valence-electron chi connectivity index (χ0n) is 16.7. The molecule has 1 fully saturated rings. The highest BCUT2D eigenvalue weighted by atomic mass is 16.5. The molecule has 2 aliphatic rings. The number of ether oxygens (including phenoxy) is 2. The minimum atomic E-state index is 0.509. The van der Waals surface area contributed by atoms with Gasteiger partial charge in [-0.1, -0.05) is 24.3 Å². The molecule has 0 bridgehead atoms. The largest absolute Gasteiger partial charge is 0.485 e. The highest BCUT2D eigenvalue weighted by Crippen LogP contribution is 2.36. The molecule has 9 nitrogen and oxygen atoms in total. The second kappa shape index (κ2) is 6.81. The van der Waals surface area contributed by atoms with Crippen molar-refractivity contribution in [2.75, 3.05) is 31.2 Å². The van der Waals surface area contributed by atoms with Crippen LogP contribution in [0.5, 0.6) is 5.75 Å². The predicted octanol–water partition coefficient (Wildman–Crippen LogP) is 2.43. The molecule has 5 heterocycles. The molecular formula is C21H21N7O2. The van der Waals surface area contributed by atoms with Crippen molar-refractivity contribution in [3.63, 3.8) is 0 Å². The van der Waals surface area contributed by atoms with E-state index in [4.69, 9.17) is 24.5 Å². The van der Waals surface area contributed by atoms with E-state index in [0.717, 1.165) is 59.2 Å².